The summed E-state index contributed by atoms with van der Waals surface area (Å²) in [5.74, 6) is -0.949. The monoisotopic (exact) mass is 262 g/mol. The van der Waals surface area contributed by atoms with Crippen LogP contribution in [0.1, 0.15) is 26.8 Å². The minimum atomic E-state index is -1.05. The number of nitrogens with one attached hydrogen (secondary N) is 1. The minimum absolute atomic E-state index is 0.0478. The molecule has 1 aromatic heterocycles. The Kier molecular flexibility index (Phi) is 4.70. The van der Waals surface area contributed by atoms with Crippen LogP contribution in [-0.2, 0) is 11.3 Å². The number of carboxylic acid groups (broad SMARTS) is 1. The van der Waals surface area contributed by atoms with Crippen molar-refractivity contribution in [2.75, 3.05) is 5.88 Å². The molecule has 0 aliphatic heterocycles. The molecule has 0 atom stereocenters. The molecule has 0 fully saturated rings. The zero-order chi connectivity index (χ0) is 12.1. The summed E-state index contributed by atoms with van der Waals surface area (Å²) in [4.78, 5) is 26.4. The number of carbonyl (C=O) groups is 2. The average Bonchev–Trinajstić information content (AvgIpc) is 2.57. The molecule has 0 bridgehead atoms. The Labute approximate surface area is 101 Å². The van der Waals surface area contributed by atoms with Gasteiger partial charge in [-0.3, -0.25) is 4.79 Å². The fourth-order valence-electron chi connectivity index (χ4n) is 1.07. The van der Waals surface area contributed by atoms with Crippen LogP contribution in [0.2, 0.25) is 0 Å². The third kappa shape index (κ3) is 3.46. The SMILES string of the molecule is Cc1sc(CNC(=O)CCCl)nc1C(=O)O. The molecule has 1 amide bonds. The quantitative estimate of drug-likeness (QED) is 0.786. The van der Waals surface area contributed by atoms with Crippen LogP contribution in [-0.4, -0.2) is 27.8 Å². The predicted molar refractivity (Wildman–Crippen MR) is 61.0 cm³/mol. The largest absolute Gasteiger partial charge is 0.476 e. The first kappa shape index (κ1) is 12.9. The first-order valence-electron chi connectivity index (χ1n) is 4.57. The smallest absolute Gasteiger partial charge is 0.355 e. The summed E-state index contributed by atoms with van der Waals surface area (Å²) in [5.41, 5.74) is 0.0478. The third-order valence-corrected chi connectivity index (χ3v) is 2.96. The lowest BCUT2D eigenvalue weighted by molar-refractivity contribution is -0.120. The fourth-order valence-corrected chi connectivity index (χ4v) is 2.11. The number of thiazole rings is 1. The number of halogens is 1. The van der Waals surface area contributed by atoms with Crippen molar-refractivity contribution in [3.05, 3.63) is 15.6 Å². The van der Waals surface area contributed by atoms with Gasteiger partial charge in [-0.25, -0.2) is 9.78 Å². The molecule has 5 nitrogen and oxygen atoms in total. The molecule has 0 spiro atoms. The van der Waals surface area contributed by atoms with Gasteiger partial charge in [0.1, 0.15) is 5.01 Å². The van der Waals surface area contributed by atoms with Gasteiger partial charge in [0.05, 0.1) is 6.54 Å². The molecule has 0 aliphatic carbocycles. The Balaban J connectivity index is 2.58. The first-order valence-corrected chi connectivity index (χ1v) is 5.92. The van der Waals surface area contributed by atoms with Crippen LogP contribution in [0, 0.1) is 6.92 Å². The van der Waals surface area contributed by atoms with E-state index in [0.29, 0.717) is 9.88 Å². The molecule has 0 unspecified atom stereocenters. The number of nitrogens with zero attached hydrogens (tertiary/aromatic N) is 1. The van der Waals surface area contributed by atoms with Gasteiger partial charge in [0.2, 0.25) is 5.91 Å². The molecule has 1 aromatic rings. The molecule has 0 aromatic carbocycles. The molecule has 88 valence electrons. The Morgan fingerprint density at radius 1 is 1.56 bits per heavy atom. The second-order valence-corrected chi connectivity index (χ2v) is 4.70. The van der Waals surface area contributed by atoms with Crippen LogP contribution in [0.25, 0.3) is 0 Å². The van der Waals surface area contributed by atoms with E-state index in [1.807, 2.05) is 0 Å². The number of hydrogen-bond donors (Lipinski definition) is 2. The Morgan fingerprint density at radius 3 is 2.75 bits per heavy atom. The van der Waals surface area contributed by atoms with Crippen molar-refractivity contribution in [2.24, 2.45) is 0 Å². The van der Waals surface area contributed by atoms with E-state index in [2.05, 4.69) is 10.3 Å². The maximum atomic E-state index is 11.1. The highest BCUT2D eigenvalue weighted by molar-refractivity contribution is 7.11. The van der Waals surface area contributed by atoms with Gasteiger partial charge in [-0.1, -0.05) is 0 Å². The number of alkyl halides is 1. The standard InChI is InChI=1S/C9H11ClN2O3S/c1-5-8(9(14)15)12-7(16-5)4-11-6(13)2-3-10/h2-4H2,1H3,(H,11,13)(H,14,15). The van der Waals surface area contributed by atoms with Gasteiger partial charge in [-0.2, -0.15) is 0 Å². The highest BCUT2D eigenvalue weighted by atomic mass is 35.5. The van der Waals surface area contributed by atoms with E-state index in [1.54, 1.807) is 6.92 Å². The summed E-state index contributed by atoms with van der Waals surface area (Å²) in [6.45, 7) is 1.93. The van der Waals surface area contributed by atoms with Gasteiger partial charge in [-0.05, 0) is 6.92 Å². The second kappa shape index (κ2) is 5.81. The molecule has 0 saturated heterocycles. The van der Waals surface area contributed by atoms with Crippen LogP contribution < -0.4 is 5.32 Å². The van der Waals surface area contributed by atoms with Crippen LogP contribution in [0.5, 0.6) is 0 Å². The number of aromatic nitrogens is 1. The summed E-state index contributed by atoms with van der Waals surface area (Å²) in [5, 5.41) is 12.0. The lowest BCUT2D eigenvalue weighted by Gasteiger charge is -1.99. The van der Waals surface area contributed by atoms with Crippen LogP contribution in [0.15, 0.2) is 0 Å². The van der Waals surface area contributed by atoms with Gasteiger partial charge in [0, 0.05) is 17.2 Å². The van der Waals surface area contributed by atoms with E-state index in [9.17, 15) is 9.59 Å². The Bertz CT molecular complexity index is 405. The summed E-state index contributed by atoms with van der Waals surface area (Å²) < 4.78 is 0. The maximum absolute atomic E-state index is 11.1. The van der Waals surface area contributed by atoms with Crippen LogP contribution >= 0.6 is 22.9 Å². The summed E-state index contributed by atoms with van der Waals surface area (Å²) >= 11 is 6.66. The molecule has 0 radical (unpaired) electrons. The van der Waals surface area contributed by atoms with Gasteiger partial charge in [0.15, 0.2) is 5.69 Å². The summed E-state index contributed by atoms with van der Waals surface area (Å²) in [6, 6.07) is 0. The average molecular weight is 263 g/mol. The zero-order valence-electron chi connectivity index (χ0n) is 8.62. The Hall–Kier alpha value is -1.14. The second-order valence-electron chi connectivity index (χ2n) is 3.03. The molecule has 7 heteroatoms. The molecule has 2 N–H and O–H groups in total. The van der Waals surface area contributed by atoms with Crippen molar-refractivity contribution in [3.8, 4) is 0 Å². The lowest BCUT2D eigenvalue weighted by Crippen LogP contribution is -2.22. The molecule has 0 saturated carbocycles. The Morgan fingerprint density at radius 2 is 2.25 bits per heavy atom. The fraction of sp³-hybridized carbons (Fsp3) is 0.444. The normalized spacial score (nSPS) is 10.1. The highest BCUT2D eigenvalue weighted by Gasteiger charge is 2.14. The topological polar surface area (TPSA) is 79.3 Å². The van der Waals surface area contributed by atoms with E-state index in [1.165, 1.54) is 11.3 Å². The number of carboxylic acids is 1. The number of carbonyl (C=O) groups excluding carboxylic acids is 1. The maximum Gasteiger partial charge on any atom is 0.355 e. The number of aryl methyl sites for hydroxylation is 1. The van der Waals surface area contributed by atoms with E-state index in [4.69, 9.17) is 16.7 Å². The highest BCUT2D eigenvalue weighted by Crippen LogP contribution is 2.17. The van der Waals surface area contributed by atoms with Gasteiger partial charge in [0.25, 0.3) is 0 Å². The molecule has 1 rings (SSSR count). The van der Waals surface area contributed by atoms with Crippen LogP contribution in [0.4, 0.5) is 0 Å². The molecular formula is C9H11ClN2O3S. The van der Waals surface area contributed by atoms with Gasteiger partial charge >= 0.3 is 5.97 Å². The first-order chi connectivity index (χ1) is 7.54. The molecule has 1 heterocycles. The molecular weight excluding hydrogens is 252 g/mol. The number of amides is 1. The van der Waals surface area contributed by atoms with E-state index in [-0.39, 0.29) is 30.4 Å². The zero-order valence-corrected chi connectivity index (χ0v) is 10.2. The summed E-state index contributed by atoms with van der Waals surface area (Å²) in [7, 11) is 0. The van der Waals surface area contributed by atoms with Crippen molar-refractivity contribution in [3.63, 3.8) is 0 Å². The molecule has 16 heavy (non-hydrogen) atoms. The van der Waals surface area contributed by atoms with Crippen molar-refractivity contribution < 1.29 is 14.7 Å². The van der Waals surface area contributed by atoms with Crippen molar-refractivity contribution in [1.29, 1.82) is 0 Å². The lowest BCUT2D eigenvalue weighted by atomic mass is 10.4. The van der Waals surface area contributed by atoms with Gasteiger partial charge < -0.3 is 10.4 Å². The van der Waals surface area contributed by atoms with E-state index < -0.39 is 5.97 Å². The number of rotatable bonds is 5. The number of hydrogen-bond acceptors (Lipinski definition) is 4. The van der Waals surface area contributed by atoms with Crippen molar-refractivity contribution >= 4 is 34.8 Å². The molecule has 0 aliphatic rings. The number of aromatic carboxylic acids is 1. The van der Waals surface area contributed by atoms with Crippen molar-refractivity contribution in [1.82, 2.24) is 10.3 Å². The van der Waals surface area contributed by atoms with Gasteiger partial charge in [-0.15, -0.1) is 22.9 Å². The van der Waals surface area contributed by atoms with E-state index >= 15 is 0 Å². The van der Waals surface area contributed by atoms with E-state index in [0.717, 1.165) is 0 Å². The van der Waals surface area contributed by atoms with Crippen molar-refractivity contribution in [2.45, 2.75) is 19.9 Å². The summed E-state index contributed by atoms with van der Waals surface area (Å²) in [6.07, 6.45) is 0.248. The third-order valence-electron chi connectivity index (χ3n) is 1.80. The predicted octanol–water partition coefficient (Wildman–Crippen LogP) is 1.39. The van der Waals surface area contributed by atoms with Crippen LogP contribution in [0.3, 0.4) is 0 Å². The minimum Gasteiger partial charge on any atom is -0.476 e.